The molecule has 0 bridgehead atoms. The molecule has 25 heavy (non-hydrogen) atoms. The number of nitrogens with zero attached hydrogens (tertiary/aromatic N) is 1. The number of piperidine rings is 1. The normalized spacial score (nSPS) is 18.4. The molecular weight excluding hydrogens is 336 g/mol. The molecule has 0 saturated carbocycles. The lowest BCUT2D eigenvalue weighted by Gasteiger charge is -2.33. The van der Waals surface area contributed by atoms with E-state index in [-0.39, 0.29) is 29.8 Å². The van der Waals surface area contributed by atoms with Gasteiger partial charge >= 0.3 is 0 Å². The maximum Gasteiger partial charge on any atom is 0.240 e. The van der Waals surface area contributed by atoms with Gasteiger partial charge in [0.05, 0.1) is 4.90 Å². The summed E-state index contributed by atoms with van der Waals surface area (Å²) in [6.45, 7) is 2.95. The number of rotatable bonds is 5. The molecule has 1 amide bonds. The van der Waals surface area contributed by atoms with Gasteiger partial charge in [-0.1, -0.05) is 30.3 Å². The minimum atomic E-state index is -3.61. The van der Waals surface area contributed by atoms with Crippen molar-refractivity contribution in [2.75, 3.05) is 13.1 Å². The maximum absolute atomic E-state index is 12.5. The van der Waals surface area contributed by atoms with Crippen molar-refractivity contribution in [2.45, 2.75) is 43.5 Å². The fraction of sp³-hybridized carbons (Fsp3) is 0.421. The number of likely N-dealkylation sites (tertiary alicyclic amines) is 1. The Hall–Kier alpha value is -1.92. The summed E-state index contributed by atoms with van der Waals surface area (Å²) in [5, 5.41) is 1.87. The Labute approximate surface area is 149 Å². The van der Waals surface area contributed by atoms with Gasteiger partial charge in [-0.25, -0.2) is 13.1 Å². The summed E-state index contributed by atoms with van der Waals surface area (Å²) >= 11 is 0. The Bertz CT molecular complexity index is 864. The summed E-state index contributed by atoms with van der Waals surface area (Å²) in [4.78, 5) is 14.4. The minimum absolute atomic E-state index is 0.0217. The number of benzene rings is 2. The molecule has 5 nitrogen and oxygen atoms in total. The fourth-order valence-corrected chi connectivity index (χ4v) is 4.39. The second-order valence-corrected chi connectivity index (χ2v) is 8.36. The van der Waals surface area contributed by atoms with Crippen molar-refractivity contribution >= 4 is 26.7 Å². The van der Waals surface area contributed by atoms with Crippen molar-refractivity contribution in [1.29, 1.82) is 0 Å². The van der Waals surface area contributed by atoms with Gasteiger partial charge in [-0.05, 0) is 49.1 Å². The summed E-state index contributed by atoms with van der Waals surface area (Å²) in [7, 11) is -3.61. The Morgan fingerprint density at radius 2 is 1.92 bits per heavy atom. The highest BCUT2D eigenvalue weighted by Gasteiger charge is 2.23. The molecule has 0 aromatic heterocycles. The fourth-order valence-electron chi connectivity index (χ4n) is 3.32. The molecule has 1 N–H and O–H groups in total. The van der Waals surface area contributed by atoms with Crippen molar-refractivity contribution in [3.05, 3.63) is 42.5 Å². The third-order valence-electron chi connectivity index (χ3n) is 4.79. The molecule has 1 aliphatic heterocycles. The van der Waals surface area contributed by atoms with Crippen LogP contribution in [0.4, 0.5) is 0 Å². The molecule has 2 aromatic carbocycles. The highest BCUT2D eigenvalue weighted by molar-refractivity contribution is 7.89. The minimum Gasteiger partial charge on any atom is -0.340 e. The molecule has 2 aromatic rings. The van der Waals surface area contributed by atoms with Crippen molar-refractivity contribution in [1.82, 2.24) is 9.62 Å². The Morgan fingerprint density at radius 3 is 2.68 bits per heavy atom. The molecule has 1 saturated heterocycles. The van der Waals surface area contributed by atoms with Gasteiger partial charge in [0.1, 0.15) is 0 Å². The van der Waals surface area contributed by atoms with Gasteiger partial charge in [0.2, 0.25) is 15.9 Å². The first-order valence-corrected chi connectivity index (χ1v) is 10.2. The highest BCUT2D eigenvalue weighted by Crippen LogP contribution is 2.19. The van der Waals surface area contributed by atoms with Crippen LogP contribution >= 0.6 is 0 Å². The van der Waals surface area contributed by atoms with Crippen LogP contribution in [-0.4, -0.2) is 38.4 Å². The van der Waals surface area contributed by atoms with E-state index in [1.54, 1.807) is 18.2 Å². The zero-order valence-electron chi connectivity index (χ0n) is 14.4. The third-order valence-corrected chi connectivity index (χ3v) is 6.24. The topological polar surface area (TPSA) is 66.5 Å². The Kier molecular flexibility index (Phi) is 5.39. The molecule has 134 valence electrons. The molecule has 1 aliphatic rings. The van der Waals surface area contributed by atoms with Crippen LogP contribution in [0.25, 0.3) is 10.8 Å². The van der Waals surface area contributed by atoms with Gasteiger partial charge in [0.25, 0.3) is 0 Å². The largest absolute Gasteiger partial charge is 0.340 e. The van der Waals surface area contributed by atoms with E-state index in [0.29, 0.717) is 0 Å². The first-order chi connectivity index (χ1) is 12.0. The summed E-state index contributed by atoms with van der Waals surface area (Å²) in [5.74, 6) is 0.0217. The van der Waals surface area contributed by atoms with E-state index in [1.807, 2.05) is 29.2 Å². The molecular formula is C19H24N2O3S. The monoisotopic (exact) mass is 360 g/mol. The summed E-state index contributed by atoms with van der Waals surface area (Å²) in [6.07, 6.45) is 3.39. The number of fused-ring (bicyclic) bond motifs is 1. The first-order valence-electron chi connectivity index (χ1n) is 8.75. The summed E-state index contributed by atoms with van der Waals surface area (Å²) in [6, 6.07) is 12.9. The smallest absolute Gasteiger partial charge is 0.240 e. The van der Waals surface area contributed by atoms with E-state index in [0.717, 1.165) is 36.6 Å². The van der Waals surface area contributed by atoms with Crippen LogP contribution in [0.1, 0.15) is 32.6 Å². The Balaban J connectivity index is 1.62. The number of hydrogen-bond acceptors (Lipinski definition) is 3. The molecule has 6 heteroatoms. The van der Waals surface area contributed by atoms with Crippen LogP contribution in [0.15, 0.2) is 47.4 Å². The van der Waals surface area contributed by atoms with Crippen molar-refractivity contribution in [3.8, 4) is 0 Å². The molecule has 0 radical (unpaired) electrons. The summed E-state index contributed by atoms with van der Waals surface area (Å²) < 4.78 is 27.5. The maximum atomic E-state index is 12.5. The zero-order chi connectivity index (χ0) is 17.9. The van der Waals surface area contributed by atoms with Gasteiger partial charge < -0.3 is 4.90 Å². The van der Waals surface area contributed by atoms with E-state index >= 15 is 0 Å². The van der Waals surface area contributed by atoms with E-state index in [4.69, 9.17) is 0 Å². The second kappa shape index (κ2) is 7.54. The van der Waals surface area contributed by atoms with E-state index < -0.39 is 10.0 Å². The Morgan fingerprint density at radius 1 is 1.16 bits per heavy atom. The van der Waals surface area contributed by atoms with Crippen molar-refractivity contribution in [3.63, 3.8) is 0 Å². The predicted molar refractivity (Wildman–Crippen MR) is 98.8 cm³/mol. The van der Waals surface area contributed by atoms with Gasteiger partial charge in [-0.3, -0.25) is 4.79 Å². The van der Waals surface area contributed by atoms with Gasteiger partial charge in [-0.15, -0.1) is 0 Å². The number of carbonyl (C=O) groups is 1. The average Bonchev–Trinajstić information content (AvgIpc) is 2.61. The van der Waals surface area contributed by atoms with E-state index in [2.05, 4.69) is 11.6 Å². The zero-order valence-corrected chi connectivity index (χ0v) is 15.3. The van der Waals surface area contributed by atoms with Crippen LogP contribution in [0.5, 0.6) is 0 Å². The van der Waals surface area contributed by atoms with Gasteiger partial charge in [0, 0.05) is 25.6 Å². The molecule has 1 atom stereocenters. The molecule has 0 spiro atoms. The molecule has 1 fully saturated rings. The van der Waals surface area contributed by atoms with Crippen LogP contribution in [0.2, 0.25) is 0 Å². The lowest BCUT2D eigenvalue weighted by Crippen LogP contribution is -2.43. The van der Waals surface area contributed by atoms with Gasteiger partial charge in [-0.2, -0.15) is 0 Å². The highest BCUT2D eigenvalue weighted by atomic mass is 32.2. The molecule has 1 heterocycles. The lowest BCUT2D eigenvalue weighted by atomic mass is 10.0. The van der Waals surface area contributed by atoms with Crippen molar-refractivity contribution < 1.29 is 13.2 Å². The second-order valence-electron chi connectivity index (χ2n) is 6.59. The van der Waals surface area contributed by atoms with Crippen LogP contribution in [0.3, 0.4) is 0 Å². The molecule has 1 unspecified atom stereocenters. The predicted octanol–water partition coefficient (Wildman–Crippen LogP) is 2.91. The van der Waals surface area contributed by atoms with Crippen LogP contribution < -0.4 is 4.72 Å². The summed E-state index contributed by atoms with van der Waals surface area (Å²) in [5.41, 5.74) is 0. The standard InChI is InChI=1S/C19H24N2O3S/c1-15-6-4-5-13-21(15)19(22)11-12-20-25(23,24)18-10-9-16-7-2-3-8-17(16)14-18/h2-3,7-10,14-15,20H,4-6,11-13H2,1H3. The average molecular weight is 360 g/mol. The third kappa shape index (κ3) is 4.19. The van der Waals surface area contributed by atoms with E-state index in [1.165, 1.54) is 0 Å². The van der Waals surface area contributed by atoms with Crippen LogP contribution in [0, 0.1) is 0 Å². The molecule has 0 aliphatic carbocycles. The van der Waals surface area contributed by atoms with Crippen molar-refractivity contribution in [2.24, 2.45) is 0 Å². The number of carbonyl (C=O) groups excluding carboxylic acids is 1. The number of hydrogen-bond donors (Lipinski definition) is 1. The SMILES string of the molecule is CC1CCCCN1C(=O)CCNS(=O)(=O)c1ccc2ccccc2c1. The lowest BCUT2D eigenvalue weighted by molar-refractivity contribution is -0.134. The number of sulfonamides is 1. The van der Waals surface area contributed by atoms with E-state index in [9.17, 15) is 13.2 Å². The number of nitrogens with one attached hydrogen (secondary N) is 1. The first kappa shape index (κ1) is 17.9. The van der Waals surface area contributed by atoms with Gasteiger partial charge in [0.15, 0.2) is 0 Å². The van der Waals surface area contributed by atoms with Crippen LogP contribution in [-0.2, 0) is 14.8 Å². The molecule has 3 rings (SSSR count). The number of amides is 1. The quantitative estimate of drug-likeness (QED) is 0.891.